The lowest BCUT2D eigenvalue weighted by Crippen LogP contribution is -2.68. The standard InChI is InChI=1S/C27H38N6O7S/c1-32(2)20-13-11-19(12-14-20)31-41(38,39)27-17-18(27)9-6-4-3-5-7-10-21(40-25(29)37)22(34)33-16-8-15-26(33,23(28)35)24(36)30-27/h6,9,11-14,18,21,31H,3-5,7-8,10,15-17H2,1-2H3,(H2,28,35)(H2,29,37)(H,30,36)/b9-6-. The Morgan fingerprint density at radius 1 is 1.10 bits per heavy atom. The molecule has 14 heteroatoms. The molecule has 1 saturated heterocycles. The monoisotopic (exact) mass is 590 g/mol. The molecule has 4 unspecified atom stereocenters. The molecule has 0 aromatic heterocycles. The number of fused-ring (bicyclic) bond motifs is 2. The van der Waals surface area contributed by atoms with Crippen LogP contribution < -0.4 is 26.4 Å². The second-order valence-electron chi connectivity index (χ2n) is 11.0. The van der Waals surface area contributed by atoms with Crippen LogP contribution in [0.3, 0.4) is 0 Å². The van der Waals surface area contributed by atoms with Crippen molar-refractivity contribution >= 4 is 45.2 Å². The molecule has 3 aliphatic rings. The SMILES string of the molecule is CN(C)c1ccc(NS(=O)(=O)C23CC2/C=C\CCCCCC(OC(N)=O)C(=O)N2CCCC2(C(N)=O)C(=O)N3)cc1. The smallest absolute Gasteiger partial charge is 0.405 e. The van der Waals surface area contributed by atoms with E-state index in [2.05, 4.69) is 10.0 Å². The fourth-order valence-electron chi connectivity index (χ4n) is 5.68. The fraction of sp³-hybridized carbons (Fsp3) is 0.556. The normalized spacial score (nSPS) is 29.6. The summed E-state index contributed by atoms with van der Waals surface area (Å²) in [5.41, 5.74) is 9.99. The molecule has 1 aliphatic carbocycles. The fourth-order valence-corrected chi connectivity index (χ4v) is 7.41. The number of nitrogens with two attached hydrogens (primary N) is 2. The molecule has 2 fully saturated rings. The molecule has 224 valence electrons. The molecule has 4 amide bonds. The molecule has 1 saturated carbocycles. The van der Waals surface area contributed by atoms with Crippen molar-refractivity contribution in [3.63, 3.8) is 0 Å². The predicted molar refractivity (Wildman–Crippen MR) is 152 cm³/mol. The van der Waals surface area contributed by atoms with Gasteiger partial charge in [-0.05, 0) is 69.2 Å². The van der Waals surface area contributed by atoms with E-state index >= 15 is 0 Å². The molecule has 6 N–H and O–H groups in total. The number of nitrogens with one attached hydrogen (secondary N) is 2. The molecule has 13 nitrogen and oxygen atoms in total. The summed E-state index contributed by atoms with van der Waals surface area (Å²) < 4.78 is 35.4. The van der Waals surface area contributed by atoms with Crippen LogP contribution in [-0.4, -0.2) is 74.3 Å². The summed E-state index contributed by atoms with van der Waals surface area (Å²) >= 11 is 0. The Labute approximate surface area is 239 Å². The van der Waals surface area contributed by atoms with Crippen LogP contribution in [0, 0.1) is 5.92 Å². The first-order valence-corrected chi connectivity index (χ1v) is 15.2. The number of amides is 4. The van der Waals surface area contributed by atoms with E-state index in [-0.39, 0.29) is 32.2 Å². The topological polar surface area (TPSA) is 194 Å². The maximum atomic E-state index is 14.0. The van der Waals surface area contributed by atoms with Crippen LogP contribution in [0.2, 0.25) is 0 Å². The third-order valence-corrected chi connectivity index (χ3v) is 10.1. The Morgan fingerprint density at radius 2 is 1.80 bits per heavy atom. The van der Waals surface area contributed by atoms with Crippen LogP contribution in [0.1, 0.15) is 51.4 Å². The highest BCUT2D eigenvalue weighted by Gasteiger charge is 2.67. The van der Waals surface area contributed by atoms with Crippen LogP contribution in [0.25, 0.3) is 0 Å². The minimum Gasteiger partial charge on any atom is -0.436 e. The Bertz CT molecular complexity index is 1330. The van der Waals surface area contributed by atoms with Crippen molar-refractivity contribution in [2.75, 3.05) is 30.3 Å². The molecule has 0 spiro atoms. The maximum Gasteiger partial charge on any atom is 0.405 e. The number of primary amides is 2. The number of sulfonamides is 1. The van der Waals surface area contributed by atoms with Crippen molar-refractivity contribution in [1.29, 1.82) is 0 Å². The summed E-state index contributed by atoms with van der Waals surface area (Å²) in [5.74, 6) is -3.44. The molecule has 0 radical (unpaired) electrons. The van der Waals surface area contributed by atoms with Gasteiger partial charge in [-0.25, -0.2) is 13.2 Å². The number of anilines is 2. The van der Waals surface area contributed by atoms with Crippen LogP contribution in [0.15, 0.2) is 36.4 Å². The number of hydrogen-bond acceptors (Lipinski definition) is 8. The van der Waals surface area contributed by atoms with Gasteiger partial charge < -0.3 is 31.3 Å². The average Bonchev–Trinajstić information content (AvgIpc) is 3.41. The van der Waals surface area contributed by atoms with Gasteiger partial charge in [0.05, 0.1) is 0 Å². The number of carbonyl (C=O) groups is 4. The summed E-state index contributed by atoms with van der Waals surface area (Å²) in [5, 5.41) is 2.62. The van der Waals surface area contributed by atoms with Crippen molar-refractivity contribution in [1.82, 2.24) is 10.2 Å². The van der Waals surface area contributed by atoms with Gasteiger partial charge in [0.1, 0.15) is 0 Å². The van der Waals surface area contributed by atoms with Crippen molar-refractivity contribution in [2.24, 2.45) is 17.4 Å². The van der Waals surface area contributed by atoms with Crippen molar-refractivity contribution in [3.8, 4) is 0 Å². The van der Waals surface area contributed by atoms with Crippen LogP contribution >= 0.6 is 0 Å². The first-order chi connectivity index (χ1) is 19.3. The first kappa shape index (κ1) is 30.2. The van der Waals surface area contributed by atoms with E-state index in [9.17, 15) is 27.6 Å². The van der Waals surface area contributed by atoms with Gasteiger partial charge in [-0.2, -0.15) is 0 Å². The number of allylic oxidation sites excluding steroid dienone is 1. The van der Waals surface area contributed by atoms with Gasteiger partial charge in [0.15, 0.2) is 11.0 Å². The number of ether oxygens (including phenoxy) is 1. The van der Waals surface area contributed by atoms with E-state index in [0.717, 1.165) is 17.0 Å². The van der Waals surface area contributed by atoms with Crippen LogP contribution in [0.4, 0.5) is 16.2 Å². The van der Waals surface area contributed by atoms with E-state index < -0.39 is 56.3 Å². The third-order valence-electron chi connectivity index (χ3n) is 8.07. The highest BCUT2D eigenvalue weighted by Crippen LogP contribution is 2.50. The molecule has 1 aromatic carbocycles. The lowest BCUT2D eigenvalue weighted by Gasteiger charge is -2.37. The second-order valence-corrected chi connectivity index (χ2v) is 13.0. The molecule has 0 bridgehead atoms. The molecular weight excluding hydrogens is 552 g/mol. The highest BCUT2D eigenvalue weighted by atomic mass is 32.2. The second kappa shape index (κ2) is 11.6. The largest absolute Gasteiger partial charge is 0.436 e. The Hall–Kier alpha value is -3.81. The predicted octanol–water partition coefficient (Wildman–Crippen LogP) is 1.16. The van der Waals surface area contributed by atoms with Gasteiger partial charge in [0.25, 0.3) is 27.7 Å². The molecular formula is C27H38N6O7S. The van der Waals surface area contributed by atoms with E-state index in [1.54, 1.807) is 30.3 Å². The molecule has 41 heavy (non-hydrogen) atoms. The molecule has 2 aliphatic heterocycles. The lowest BCUT2D eigenvalue weighted by molar-refractivity contribution is -0.157. The van der Waals surface area contributed by atoms with E-state index in [1.165, 1.54) is 0 Å². The average molecular weight is 591 g/mol. The van der Waals surface area contributed by atoms with Crippen molar-refractivity contribution in [3.05, 3.63) is 36.4 Å². The lowest BCUT2D eigenvalue weighted by atomic mass is 9.92. The number of benzene rings is 1. The highest BCUT2D eigenvalue weighted by molar-refractivity contribution is 7.94. The zero-order valence-electron chi connectivity index (χ0n) is 23.3. The van der Waals surface area contributed by atoms with Gasteiger partial charge in [-0.3, -0.25) is 19.1 Å². The maximum absolute atomic E-state index is 14.0. The van der Waals surface area contributed by atoms with Gasteiger partial charge >= 0.3 is 6.09 Å². The zero-order chi connectivity index (χ0) is 30.0. The molecule has 1 aromatic rings. The zero-order valence-corrected chi connectivity index (χ0v) is 24.1. The van der Waals surface area contributed by atoms with E-state index in [4.69, 9.17) is 16.2 Å². The van der Waals surface area contributed by atoms with Gasteiger partial charge in [-0.1, -0.05) is 18.6 Å². The van der Waals surface area contributed by atoms with Gasteiger partial charge in [0.2, 0.25) is 5.54 Å². The quantitative estimate of drug-likeness (QED) is 0.280. The van der Waals surface area contributed by atoms with Crippen LogP contribution in [-0.2, 0) is 29.1 Å². The molecule has 4 atom stereocenters. The summed E-state index contributed by atoms with van der Waals surface area (Å²) in [4.78, 5) is 53.2. The molecule has 2 heterocycles. The first-order valence-electron chi connectivity index (χ1n) is 13.7. The minimum absolute atomic E-state index is 0.00658. The number of nitrogens with zero attached hydrogens (tertiary/aromatic N) is 2. The van der Waals surface area contributed by atoms with E-state index in [0.29, 0.717) is 24.9 Å². The minimum atomic E-state index is -4.25. The van der Waals surface area contributed by atoms with Gasteiger partial charge in [0, 0.05) is 37.9 Å². The number of rotatable bonds is 6. The van der Waals surface area contributed by atoms with Crippen molar-refractivity contribution in [2.45, 2.75) is 67.9 Å². The number of hydrogen-bond donors (Lipinski definition) is 4. The van der Waals surface area contributed by atoms with Crippen molar-refractivity contribution < 1.29 is 32.3 Å². The number of carbonyl (C=O) groups excluding carboxylic acids is 4. The summed E-state index contributed by atoms with van der Waals surface area (Å²) in [7, 11) is -0.528. The third kappa shape index (κ3) is 5.83. The van der Waals surface area contributed by atoms with E-state index in [1.807, 2.05) is 25.1 Å². The Kier molecular flexibility index (Phi) is 8.52. The van der Waals surface area contributed by atoms with Gasteiger partial charge in [-0.15, -0.1) is 0 Å². The van der Waals surface area contributed by atoms with Crippen LogP contribution in [0.5, 0.6) is 0 Å². The summed E-state index contributed by atoms with van der Waals surface area (Å²) in [6, 6.07) is 6.74. The summed E-state index contributed by atoms with van der Waals surface area (Å²) in [6.45, 7) is -0.00658. The molecule has 4 rings (SSSR count). The Balaban J connectivity index is 1.71. The Morgan fingerprint density at radius 3 is 2.44 bits per heavy atom. The summed E-state index contributed by atoms with van der Waals surface area (Å²) in [6.07, 6.45) is 4.15.